The summed E-state index contributed by atoms with van der Waals surface area (Å²) in [5, 5.41) is 12.4. The van der Waals surface area contributed by atoms with Gasteiger partial charge in [-0.3, -0.25) is 4.90 Å². The average molecular weight is 265 g/mol. The van der Waals surface area contributed by atoms with Gasteiger partial charge < -0.3 is 5.11 Å². The summed E-state index contributed by atoms with van der Waals surface area (Å²) in [6.07, 6.45) is 7.21. The summed E-state index contributed by atoms with van der Waals surface area (Å²) in [7, 11) is 0. The molecule has 100 valence electrons. The van der Waals surface area contributed by atoms with E-state index in [1.54, 1.807) is 4.88 Å². The molecule has 0 amide bonds. The van der Waals surface area contributed by atoms with Crippen molar-refractivity contribution in [3.05, 3.63) is 21.9 Å². The first-order chi connectivity index (χ1) is 8.83. The monoisotopic (exact) mass is 265 g/mol. The lowest BCUT2D eigenvalue weighted by molar-refractivity contribution is 0.0700. The van der Waals surface area contributed by atoms with Gasteiger partial charge in [-0.25, -0.2) is 0 Å². The Hall–Kier alpha value is -0.380. The van der Waals surface area contributed by atoms with Gasteiger partial charge in [-0.2, -0.15) is 0 Å². The molecule has 2 aliphatic rings. The van der Waals surface area contributed by atoms with Gasteiger partial charge in [-0.05, 0) is 42.2 Å². The maximum Gasteiger partial charge on any atom is 0.0580 e. The van der Waals surface area contributed by atoms with E-state index in [2.05, 4.69) is 16.3 Å². The van der Waals surface area contributed by atoms with Crippen LogP contribution in [0, 0.1) is 5.92 Å². The van der Waals surface area contributed by atoms with E-state index in [9.17, 15) is 5.11 Å². The fraction of sp³-hybridized carbons (Fsp3) is 0.733. The van der Waals surface area contributed by atoms with Crippen molar-refractivity contribution in [2.45, 2.75) is 51.2 Å². The van der Waals surface area contributed by atoms with E-state index in [0.29, 0.717) is 5.92 Å². The number of hydrogen-bond acceptors (Lipinski definition) is 3. The second-order valence-corrected chi connectivity index (χ2v) is 6.82. The Morgan fingerprint density at radius 1 is 1.28 bits per heavy atom. The summed E-state index contributed by atoms with van der Waals surface area (Å²) in [6, 6.07) is 2.27. The fourth-order valence-electron chi connectivity index (χ4n) is 3.37. The van der Waals surface area contributed by atoms with Crippen LogP contribution in [0.5, 0.6) is 0 Å². The number of rotatable bonds is 2. The van der Waals surface area contributed by atoms with Gasteiger partial charge in [0.2, 0.25) is 0 Å². The lowest BCUT2D eigenvalue weighted by Gasteiger charge is -2.32. The van der Waals surface area contributed by atoms with Crippen molar-refractivity contribution in [3.8, 4) is 0 Å². The minimum atomic E-state index is -0.0589. The van der Waals surface area contributed by atoms with Crippen LogP contribution in [0.1, 0.15) is 42.5 Å². The molecule has 1 saturated carbocycles. The van der Waals surface area contributed by atoms with Gasteiger partial charge >= 0.3 is 0 Å². The molecular formula is C15H23NOS. The highest BCUT2D eigenvalue weighted by molar-refractivity contribution is 7.10. The molecule has 0 bridgehead atoms. The standard InChI is InChI=1S/C15H23NOS/c17-14-5-3-1-2-4-12(14)10-16-8-6-15-13(11-16)7-9-18-15/h7,9,12,14,17H,1-6,8,10-11H2. The third-order valence-electron chi connectivity index (χ3n) is 4.50. The third-order valence-corrected chi connectivity index (χ3v) is 5.52. The molecule has 1 aliphatic carbocycles. The van der Waals surface area contributed by atoms with Crippen LogP contribution < -0.4 is 0 Å². The van der Waals surface area contributed by atoms with Gasteiger partial charge in [0.1, 0.15) is 0 Å². The minimum Gasteiger partial charge on any atom is -0.393 e. The molecule has 2 unspecified atom stereocenters. The van der Waals surface area contributed by atoms with Crippen molar-refractivity contribution < 1.29 is 5.11 Å². The molecular weight excluding hydrogens is 242 g/mol. The van der Waals surface area contributed by atoms with E-state index in [1.165, 1.54) is 44.2 Å². The molecule has 1 aliphatic heterocycles. The van der Waals surface area contributed by atoms with Gasteiger partial charge in [0.15, 0.2) is 0 Å². The Bertz CT molecular complexity index is 390. The molecule has 3 heteroatoms. The zero-order valence-corrected chi connectivity index (χ0v) is 11.8. The van der Waals surface area contributed by atoms with Gasteiger partial charge in [0.25, 0.3) is 0 Å². The molecule has 2 atom stereocenters. The van der Waals surface area contributed by atoms with Gasteiger partial charge in [0.05, 0.1) is 6.10 Å². The van der Waals surface area contributed by atoms with Crippen molar-refractivity contribution in [2.75, 3.05) is 13.1 Å². The first kappa shape index (κ1) is 12.6. The molecule has 1 aromatic rings. The van der Waals surface area contributed by atoms with Crippen LogP contribution in [-0.2, 0) is 13.0 Å². The molecule has 0 spiro atoms. The van der Waals surface area contributed by atoms with Crippen molar-refractivity contribution in [2.24, 2.45) is 5.92 Å². The second-order valence-electron chi connectivity index (χ2n) is 5.82. The first-order valence-electron chi connectivity index (χ1n) is 7.28. The first-order valence-corrected chi connectivity index (χ1v) is 8.16. The summed E-state index contributed by atoms with van der Waals surface area (Å²) in [4.78, 5) is 4.13. The Morgan fingerprint density at radius 3 is 3.11 bits per heavy atom. The SMILES string of the molecule is OC1CCCCCC1CN1CCc2sccc2C1. The van der Waals surface area contributed by atoms with Crippen molar-refractivity contribution in [1.29, 1.82) is 0 Å². The predicted molar refractivity (Wildman–Crippen MR) is 75.9 cm³/mol. The van der Waals surface area contributed by atoms with Crippen LogP contribution in [0.25, 0.3) is 0 Å². The van der Waals surface area contributed by atoms with E-state index in [-0.39, 0.29) is 6.10 Å². The van der Waals surface area contributed by atoms with Crippen molar-refractivity contribution in [3.63, 3.8) is 0 Å². The summed E-state index contributed by atoms with van der Waals surface area (Å²) in [6.45, 7) is 3.37. The zero-order chi connectivity index (χ0) is 12.4. The fourth-order valence-corrected chi connectivity index (χ4v) is 4.26. The smallest absolute Gasteiger partial charge is 0.0580 e. The number of nitrogens with zero attached hydrogens (tertiary/aromatic N) is 1. The van der Waals surface area contributed by atoms with E-state index < -0.39 is 0 Å². The number of fused-ring (bicyclic) bond motifs is 1. The highest BCUT2D eigenvalue weighted by Gasteiger charge is 2.25. The Morgan fingerprint density at radius 2 is 2.17 bits per heavy atom. The lowest BCUT2D eigenvalue weighted by atomic mass is 9.95. The summed E-state index contributed by atoms with van der Waals surface area (Å²) < 4.78 is 0. The number of thiophene rings is 1. The lowest BCUT2D eigenvalue weighted by Crippen LogP contribution is -2.37. The minimum absolute atomic E-state index is 0.0589. The Balaban J connectivity index is 1.60. The molecule has 0 aromatic carbocycles. The molecule has 18 heavy (non-hydrogen) atoms. The highest BCUT2D eigenvalue weighted by atomic mass is 32.1. The molecule has 0 saturated heterocycles. The molecule has 3 rings (SSSR count). The molecule has 1 fully saturated rings. The topological polar surface area (TPSA) is 23.5 Å². The molecule has 2 heterocycles. The summed E-state index contributed by atoms with van der Waals surface area (Å²) in [5.74, 6) is 0.507. The van der Waals surface area contributed by atoms with E-state index in [4.69, 9.17) is 0 Å². The highest BCUT2D eigenvalue weighted by Crippen LogP contribution is 2.28. The maximum absolute atomic E-state index is 10.2. The molecule has 0 radical (unpaired) electrons. The normalized spacial score (nSPS) is 29.8. The summed E-state index contributed by atoms with van der Waals surface area (Å²) in [5.41, 5.74) is 1.52. The van der Waals surface area contributed by atoms with E-state index in [0.717, 1.165) is 19.5 Å². The number of hydrogen-bond donors (Lipinski definition) is 1. The quantitative estimate of drug-likeness (QED) is 0.831. The van der Waals surface area contributed by atoms with E-state index in [1.807, 2.05) is 11.3 Å². The number of aliphatic hydroxyl groups excluding tert-OH is 1. The zero-order valence-electron chi connectivity index (χ0n) is 11.0. The largest absolute Gasteiger partial charge is 0.393 e. The third kappa shape index (κ3) is 2.79. The summed E-state index contributed by atoms with van der Waals surface area (Å²) >= 11 is 1.90. The van der Waals surface area contributed by atoms with Crippen molar-refractivity contribution >= 4 is 11.3 Å². The predicted octanol–water partition coefficient (Wildman–Crippen LogP) is 3.05. The second kappa shape index (κ2) is 5.72. The molecule has 2 nitrogen and oxygen atoms in total. The molecule has 1 N–H and O–H groups in total. The average Bonchev–Trinajstić information content (AvgIpc) is 2.75. The van der Waals surface area contributed by atoms with Crippen LogP contribution in [0.3, 0.4) is 0 Å². The Labute approximate surface area is 114 Å². The maximum atomic E-state index is 10.2. The Kier molecular flexibility index (Phi) is 4.02. The van der Waals surface area contributed by atoms with Gasteiger partial charge in [0, 0.05) is 24.5 Å². The van der Waals surface area contributed by atoms with Gasteiger partial charge in [-0.15, -0.1) is 11.3 Å². The van der Waals surface area contributed by atoms with Crippen LogP contribution >= 0.6 is 11.3 Å². The van der Waals surface area contributed by atoms with Crippen LogP contribution in [-0.4, -0.2) is 29.2 Å². The van der Waals surface area contributed by atoms with Crippen LogP contribution in [0.4, 0.5) is 0 Å². The van der Waals surface area contributed by atoms with Crippen molar-refractivity contribution in [1.82, 2.24) is 4.90 Å². The van der Waals surface area contributed by atoms with E-state index >= 15 is 0 Å². The van der Waals surface area contributed by atoms with Gasteiger partial charge in [-0.1, -0.05) is 19.3 Å². The van der Waals surface area contributed by atoms with Crippen LogP contribution in [0.2, 0.25) is 0 Å². The number of aliphatic hydroxyl groups is 1. The molecule has 1 aromatic heterocycles. The van der Waals surface area contributed by atoms with Crippen LogP contribution in [0.15, 0.2) is 11.4 Å².